The minimum absolute atomic E-state index is 0.250. The normalized spacial score (nSPS) is 11.2. The molecule has 0 atom stereocenters. The van der Waals surface area contributed by atoms with E-state index in [9.17, 15) is 4.79 Å². The number of carbonyl (C=O) groups excluding carboxylic acids is 1. The Balaban J connectivity index is 2.35. The fourth-order valence-electron chi connectivity index (χ4n) is 2.20. The Labute approximate surface area is 153 Å². The average Bonchev–Trinajstić information content (AvgIpc) is 2.48. The SMILES string of the molecule is COc1cc(Cl)c(C)cc1Nc1nc(C)cc(C(=O)NC(C)(C)C)n1. The smallest absolute Gasteiger partial charge is 0.270 e. The summed E-state index contributed by atoms with van der Waals surface area (Å²) in [4.78, 5) is 21.0. The average molecular weight is 363 g/mol. The molecular weight excluding hydrogens is 340 g/mol. The molecule has 2 N–H and O–H groups in total. The van der Waals surface area contributed by atoms with Crippen molar-refractivity contribution in [1.29, 1.82) is 0 Å². The zero-order valence-electron chi connectivity index (χ0n) is 15.3. The van der Waals surface area contributed by atoms with Crippen LogP contribution in [0.15, 0.2) is 18.2 Å². The Morgan fingerprint density at radius 2 is 1.84 bits per heavy atom. The lowest BCUT2D eigenvalue weighted by atomic mass is 10.1. The van der Waals surface area contributed by atoms with Gasteiger partial charge in [0.15, 0.2) is 0 Å². The molecule has 2 aromatic rings. The summed E-state index contributed by atoms with van der Waals surface area (Å²) in [7, 11) is 1.56. The van der Waals surface area contributed by atoms with Crippen LogP contribution in [0.2, 0.25) is 5.02 Å². The number of carbonyl (C=O) groups is 1. The van der Waals surface area contributed by atoms with E-state index in [0.717, 1.165) is 5.56 Å². The number of nitrogens with one attached hydrogen (secondary N) is 2. The number of halogens is 1. The van der Waals surface area contributed by atoms with Crippen LogP contribution in [0.25, 0.3) is 0 Å². The minimum Gasteiger partial charge on any atom is -0.495 e. The molecule has 1 heterocycles. The van der Waals surface area contributed by atoms with Gasteiger partial charge < -0.3 is 15.4 Å². The number of ether oxygens (including phenoxy) is 1. The number of hydrogen-bond donors (Lipinski definition) is 2. The number of rotatable bonds is 4. The highest BCUT2D eigenvalue weighted by atomic mass is 35.5. The maximum absolute atomic E-state index is 12.4. The zero-order valence-corrected chi connectivity index (χ0v) is 16.1. The summed E-state index contributed by atoms with van der Waals surface area (Å²) in [5.74, 6) is 0.640. The molecule has 0 unspecified atom stereocenters. The molecule has 134 valence electrons. The van der Waals surface area contributed by atoms with Crippen molar-refractivity contribution >= 4 is 29.1 Å². The van der Waals surface area contributed by atoms with Gasteiger partial charge in [0.2, 0.25) is 5.95 Å². The van der Waals surface area contributed by atoms with Crippen LogP contribution in [0.1, 0.15) is 42.5 Å². The van der Waals surface area contributed by atoms with E-state index in [0.29, 0.717) is 33.8 Å². The zero-order chi connectivity index (χ0) is 18.8. The Hall–Kier alpha value is -2.34. The van der Waals surface area contributed by atoms with Crippen molar-refractivity contribution in [3.63, 3.8) is 0 Å². The van der Waals surface area contributed by atoms with Crippen LogP contribution in [0.4, 0.5) is 11.6 Å². The third kappa shape index (κ3) is 5.06. The molecule has 1 aromatic carbocycles. The van der Waals surface area contributed by atoms with Crippen molar-refractivity contribution in [3.8, 4) is 5.75 Å². The van der Waals surface area contributed by atoms with Crippen molar-refractivity contribution in [3.05, 3.63) is 40.2 Å². The Bertz CT molecular complexity index is 800. The van der Waals surface area contributed by atoms with E-state index in [1.165, 1.54) is 0 Å². The molecule has 0 fully saturated rings. The van der Waals surface area contributed by atoms with Gasteiger partial charge >= 0.3 is 0 Å². The summed E-state index contributed by atoms with van der Waals surface area (Å²) in [6.45, 7) is 9.45. The van der Waals surface area contributed by atoms with Crippen molar-refractivity contribution in [2.24, 2.45) is 0 Å². The predicted octanol–water partition coefficient (Wildman–Crippen LogP) is 4.03. The van der Waals surface area contributed by atoms with Gasteiger partial charge in [-0.05, 0) is 52.3 Å². The number of nitrogens with zero attached hydrogens (tertiary/aromatic N) is 2. The molecular formula is C18H23ClN4O2. The number of anilines is 2. The van der Waals surface area contributed by atoms with E-state index in [1.807, 2.05) is 40.7 Å². The number of benzene rings is 1. The monoisotopic (exact) mass is 362 g/mol. The molecule has 0 aliphatic carbocycles. The van der Waals surface area contributed by atoms with Crippen molar-refractivity contribution in [1.82, 2.24) is 15.3 Å². The van der Waals surface area contributed by atoms with Crippen molar-refractivity contribution < 1.29 is 9.53 Å². The third-order valence-electron chi connectivity index (χ3n) is 3.30. The minimum atomic E-state index is -0.347. The number of aromatic nitrogens is 2. The van der Waals surface area contributed by atoms with Gasteiger partial charge in [-0.15, -0.1) is 0 Å². The van der Waals surface area contributed by atoms with Gasteiger partial charge in [0, 0.05) is 22.3 Å². The van der Waals surface area contributed by atoms with Gasteiger partial charge in [-0.25, -0.2) is 9.97 Å². The van der Waals surface area contributed by atoms with Gasteiger partial charge in [-0.2, -0.15) is 0 Å². The summed E-state index contributed by atoms with van der Waals surface area (Å²) in [5.41, 5.74) is 2.20. The van der Waals surface area contributed by atoms with E-state index in [1.54, 1.807) is 19.2 Å². The van der Waals surface area contributed by atoms with E-state index < -0.39 is 0 Å². The van der Waals surface area contributed by atoms with E-state index >= 15 is 0 Å². The topological polar surface area (TPSA) is 76.1 Å². The van der Waals surface area contributed by atoms with Crippen molar-refractivity contribution in [2.45, 2.75) is 40.2 Å². The number of aryl methyl sites for hydroxylation is 2. The highest BCUT2D eigenvalue weighted by Gasteiger charge is 2.18. The fraction of sp³-hybridized carbons (Fsp3) is 0.389. The third-order valence-corrected chi connectivity index (χ3v) is 3.71. The lowest BCUT2D eigenvalue weighted by molar-refractivity contribution is 0.0914. The molecule has 0 radical (unpaired) electrons. The molecule has 2 rings (SSSR count). The molecule has 0 bridgehead atoms. The van der Waals surface area contributed by atoms with Gasteiger partial charge in [0.05, 0.1) is 12.8 Å². The molecule has 0 aliphatic heterocycles. The first-order valence-electron chi connectivity index (χ1n) is 7.88. The summed E-state index contributed by atoms with van der Waals surface area (Å²) < 4.78 is 5.35. The lowest BCUT2D eigenvalue weighted by Gasteiger charge is -2.20. The second-order valence-electron chi connectivity index (χ2n) is 6.85. The maximum Gasteiger partial charge on any atom is 0.270 e. The first-order chi connectivity index (χ1) is 11.6. The first kappa shape index (κ1) is 19.0. The molecule has 1 amide bonds. The molecule has 25 heavy (non-hydrogen) atoms. The second kappa shape index (κ2) is 7.27. The fourth-order valence-corrected chi connectivity index (χ4v) is 2.35. The van der Waals surface area contributed by atoms with Crippen LogP contribution in [-0.4, -0.2) is 28.5 Å². The summed E-state index contributed by atoms with van der Waals surface area (Å²) in [5, 5.41) is 6.61. The molecule has 0 aliphatic rings. The Morgan fingerprint density at radius 1 is 1.16 bits per heavy atom. The van der Waals surface area contributed by atoms with Crippen LogP contribution in [0.5, 0.6) is 5.75 Å². The number of amides is 1. The summed E-state index contributed by atoms with van der Waals surface area (Å²) in [6.07, 6.45) is 0. The maximum atomic E-state index is 12.4. The highest BCUT2D eigenvalue weighted by molar-refractivity contribution is 6.31. The highest BCUT2D eigenvalue weighted by Crippen LogP contribution is 2.32. The van der Waals surface area contributed by atoms with Crippen molar-refractivity contribution in [2.75, 3.05) is 12.4 Å². The lowest BCUT2D eigenvalue weighted by Crippen LogP contribution is -2.41. The molecule has 0 saturated carbocycles. The van der Waals surface area contributed by atoms with E-state index in [4.69, 9.17) is 16.3 Å². The summed E-state index contributed by atoms with van der Waals surface area (Å²) in [6, 6.07) is 5.22. The van der Waals surface area contributed by atoms with Crippen LogP contribution in [0.3, 0.4) is 0 Å². The standard InChI is InChI=1S/C18H23ClN4O2/c1-10-7-13(15(25-6)9-12(10)19)21-17-20-11(2)8-14(22-17)16(24)23-18(3,4)5/h7-9H,1-6H3,(H,23,24)(H,20,21,22). The molecule has 0 spiro atoms. The molecule has 6 nitrogen and oxygen atoms in total. The van der Waals surface area contributed by atoms with Gasteiger partial charge in [-0.3, -0.25) is 4.79 Å². The number of methoxy groups -OCH3 is 1. The van der Waals surface area contributed by atoms with Gasteiger partial charge in [-0.1, -0.05) is 11.6 Å². The Morgan fingerprint density at radius 3 is 2.44 bits per heavy atom. The molecule has 7 heteroatoms. The number of hydrogen-bond acceptors (Lipinski definition) is 5. The largest absolute Gasteiger partial charge is 0.495 e. The second-order valence-corrected chi connectivity index (χ2v) is 7.26. The van der Waals surface area contributed by atoms with Crippen LogP contribution in [0, 0.1) is 13.8 Å². The first-order valence-corrected chi connectivity index (χ1v) is 8.26. The predicted molar refractivity (Wildman–Crippen MR) is 100 cm³/mol. The van der Waals surface area contributed by atoms with Gasteiger partial charge in [0.1, 0.15) is 11.4 Å². The van der Waals surface area contributed by atoms with Crippen LogP contribution >= 0.6 is 11.6 Å². The molecule has 0 saturated heterocycles. The quantitative estimate of drug-likeness (QED) is 0.858. The summed E-state index contributed by atoms with van der Waals surface area (Å²) >= 11 is 6.13. The van der Waals surface area contributed by atoms with Crippen LogP contribution in [-0.2, 0) is 0 Å². The van der Waals surface area contributed by atoms with E-state index in [2.05, 4.69) is 20.6 Å². The molecule has 1 aromatic heterocycles. The van der Waals surface area contributed by atoms with Crippen LogP contribution < -0.4 is 15.4 Å². The van der Waals surface area contributed by atoms with Gasteiger partial charge in [0.25, 0.3) is 5.91 Å². The Kier molecular flexibility index (Phi) is 5.52. The van der Waals surface area contributed by atoms with E-state index in [-0.39, 0.29) is 11.4 Å².